The Labute approximate surface area is 125 Å². The number of rotatable bonds is 4. The smallest absolute Gasteiger partial charge is 0.209 e. The summed E-state index contributed by atoms with van der Waals surface area (Å²) in [6.07, 6.45) is 2.99. The van der Waals surface area contributed by atoms with Crippen LogP contribution in [0.15, 0.2) is 34.5 Å². The normalized spacial score (nSPS) is 17.2. The third-order valence-corrected chi connectivity index (χ3v) is 3.24. The fraction of sp³-hybridized carbons (Fsp3) is 0.400. The molecule has 1 aromatic rings. The van der Waals surface area contributed by atoms with Crippen LogP contribution in [-0.2, 0) is 4.79 Å². The molecule has 0 spiro atoms. The number of hydrazone groups is 2. The summed E-state index contributed by atoms with van der Waals surface area (Å²) in [5.74, 6) is 0. The molecule has 1 aliphatic rings. The van der Waals surface area contributed by atoms with Crippen molar-refractivity contribution in [1.82, 2.24) is 4.90 Å². The summed E-state index contributed by atoms with van der Waals surface area (Å²) >= 11 is 0. The minimum atomic E-state index is 0.212. The lowest BCUT2D eigenvalue weighted by Crippen LogP contribution is -2.41. The SMILES string of the molecule is C=NN(N=C)c1ccccc1C.NC1CCCN(C=O)C1. The van der Waals surface area contributed by atoms with Crippen LogP contribution in [0.4, 0.5) is 5.69 Å². The van der Waals surface area contributed by atoms with Crippen molar-refractivity contribution in [2.75, 3.05) is 18.2 Å². The Morgan fingerprint density at radius 3 is 2.52 bits per heavy atom. The van der Waals surface area contributed by atoms with Gasteiger partial charge in [0.25, 0.3) is 0 Å². The van der Waals surface area contributed by atoms with Gasteiger partial charge >= 0.3 is 0 Å². The molecular formula is C15H23N5O. The van der Waals surface area contributed by atoms with Gasteiger partial charge in [-0.2, -0.15) is 15.3 Å². The van der Waals surface area contributed by atoms with Crippen LogP contribution in [0.5, 0.6) is 0 Å². The summed E-state index contributed by atoms with van der Waals surface area (Å²) in [4.78, 5) is 11.9. The molecule has 2 rings (SSSR count). The highest BCUT2D eigenvalue weighted by Gasteiger charge is 2.13. The number of anilines is 1. The summed E-state index contributed by atoms with van der Waals surface area (Å²) in [6, 6.07) is 8.00. The van der Waals surface area contributed by atoms with Crippen LogP contribution in [0.2, 0.25) is 0 Å². The third-order valence-electron chi connectivity index (χ3n) is 3.24. The van der Waals surface area contributed by atoms with Gasteiger partial charge in [0.1, 0.15) is 0 Å². The maximum atomic E-state index is 10.2. The molecule has 0 aromatic heterocycles. The zero-order valence-electron chi connectivity index (χ0n) is 12.5. The van der Waals surface area contributed by atoms with Gasteiger partial charge < -0.3 is 10.6 Å². The van der Waals surface area contributed by atoms with E-state index in [1.807, 2.05) is 31.2 Å². The number of aryl methyl sites for hydroxylation is 1. The van der Waals surface area contributed by atoms with Gasteiger partial charge in [-0.25, -0.2) is 0 Å². The lowest BCUT2D eigenvalue weighted by Gasteiger charge is -2.26. The van der Waals surface area contributed by atoms with E-state index >= 15 is 0 Å². The number of hydrogen-bond acceptors (Lipinski definition) is 5. The number of nitrogens with two attached hydrogens (primary N) is 1. The van der Waals surface area contributed by atoms with E-state index in [4.69, 9.17) is 5.73 Å². The van der Waals surface area contributed by atoms with Crippen LogP contribution >= 0.6 is 0 Å². The molecule has 1 aliphatic heterocycles. The van der Waals surface area contributed by atoms with Gasteiger partial charge in [0.05, 0.1) is 5.69 Å². The van der Waals surface area contributed by atoms with E-state index in [0.29, 0.717) is 0 Å². The first kappa shape index (κ1) is 16.8. The molecule has 0 bridgehead atoms. The van der Waals surface area contributed by atoms with Gasteiger partial charge in [0.15, 0.2) is 0 Å². The Balaban J connectivity index is 0.000000219. The van der Waals surface area contributed by atoms with Crippen LogP contribution in [-0.4, -0.2) is 43.9 Å². The molecule has 1 heterocycles. The molecule has 0 radical (unpaired) electrons. The molecule has 1 atom stereocenters. The number of nitrogens with zero attached hydrogens (tertiary/aromatic N) is 4. The molecule has 1 unspecified atom stereocenters. The van der Waals surface area contributed by atoms with Crippen LogP contribution in [0.1, 0.15) is 18.4 Å². The lowest BCUT2D eigenvalue weighted by atomic mass is 10.1. The highest BCUT2D eigenvalue weighted by atomic mass is 16.1. The van der Waals surface area contributed by atoms with Gasteiger partial charge in [-0.05, 0) is 31.4 Å². The first-order chi connectivity index (χ1) is 10.1. The Kier molecular flexibility index (Phi) is 7.11. The Morgan fingerprint density at radius 1 is 1.38 bits per heavy atom. The number of benzene rings is 1. The van der Waals surface area contributed by atoms with Crippen molar-refractivity contribution < 1.29 is 4.79 Å². The average Bonchev–Trinajstić information content (AvgIpc) is 2.51. The second kappa shape index (κ2) is 8.86. The molecule has 2 N–H and O–H groups in total. The molecule has 1 amide bonds. The van der Waals surface area contributed by atoms with Crippen LogP contribution in [0.3, 0.4) is 0 Å². The largest absolute Gasteiger partial charge is 0.344 e. The molecule has 6 heteroatoms. The molecule has 1 fully saturated rings. The molecule has 0 aliphatic carbocycles. The maximum Gasteiger partial charge on any atom is 0.209 e. The van der Waals surface area contributed by atoms with E-state index < -0.39 is 0 Å². The molecule has 1 aromatic carbocycles. The Morgan fingerprint density at radius 2 is 2.05 bits per heavy atom. The number of amides is 1. The first-order valence-corrected chi connectivity index (χ1v) is 6.86. The van der Waals surface area contributed by atoms with E-state index in [1.54, 1.807) is 4.90 Å². The van der Waals surface area contributed by atoms with Crippen molar-refractivity contribution in [3.8, 4) is 0 Å². The predicted octanol–water partition coefficient (Wildman–Crippen LogP) is 1.60. The first-order valence-electron chi connectivity index (χ1n) is 6.86. The summed E-state index contributed by atoms with van der Waals surface area (Å²) in [7, 11) is 0. The van der Waals surface area contributed by atoms with E-state index in [1.165, 1.54) is 5.12 Å². The minimum Gasteiger partial charge on any atom is -0.344 e. The van der Waals surface area contributed by atoms with Gasteiger partial charge in [0, 0.05) is 32.6 Å². The summed E-state index contributed by atoms with van der Waals surface area (Å²) in [6.45, 7) is 10.4. The molecule has 0 saturated carbocycles. The number of para-hydroxylation sites is 1. The standard InChI is InChI=1S/C9H11N3.C6H12N2O/c1-8-6-4-5-7-9(8)12(10-2)11-3;7-6-2-1-3-8(4-6)5-9/h4-7H,2-3H2,1H3;5-6H,1-4,7H2. The minimum absolute atomic E-state index is 0.212. The third kappa shape index (κ3) is 5.35. The monoisotopic (exact) mass is 289 g/mol. The highest BCUT2D eigenvalue weighted by molar-refractivity contribution is 5.54. The van der Waals surface area contributed by atoms with Crippen molar-refractivity contribution in [2.45, 2.75) is 25.8 Å². The number of likely N-dealkylation sites (tertiary alicyclic amines) is 1. The molecule has 21 heavy (non-hydrogen) atoms. The second-order valence-electron chi connectivity index (χ2n) is 4.86. The van der Waals surface area contributed by atoms with Gasteiger partial charge in [0.2, 0.25) is 6.41 Å². The van der Waals surface area contributed by atoms with Crippen molar-refractivity contribution in [2.24, 2.45) is 15.9 Å². The number of hydrogen-bond donors (Lipinski definition) is 1. The second-order valence-corrected chi connectivity index (χ2v) is 4.86. The molecule has 6 nitrogen and oxygen atoms in total. The fourth-order valence-corrected chi connectivity index (χ4v) is 2.12. The molecule has 1 saturated heterocycles. The van der Waals surface area contributed by atoms with Gasteiger partial charge in [-0.15, -0.1) is 0 Å². The zero-order valence-corrected chi connectivity index (χ0v) is 12.5. The summed E-state index contributed by atoms with van der Waals surface area (Å²) in [5.41, 5.74) is 7.60. The maximum absolute atomic E-state index is 10.2. The number of carbonyl (C=O) groups excluding carboxylic acids is 1. The number of piperidine rings is 1. The van der Waals surface area contributed by atoms with E-state index in [2.05, 4.69) is 23.6 Å². The quantitative estimate of drug-likeness (QED) is 0.520. The van der Waals surface area contributed by atoms with Crippen molar-refractivity contribution in [3.63, 3.8) is 0 Å². The van der Waals surface area contributed by atoms with Gasteiger partial charge in [-0.1, -0.05) is 18.2 Å². The van der Waals surface area contributed by atoms with E-state index in [9.17, 15) is 4.79 Å². The molecule has 114 valence electrons. The van der Waals surface area contributed by atoms with Gasteiger partial charge in [-0.3, -0.25) is 4.79 Å². The number of carbonyl (C=O) groups is 1. The topological polar surface area (TPSA) is 74.3 Å². The molecular weight excluding hydrogens is 266 g/mol. The van der Waals surface area contributed by atoms with Crippen LogP contribution in [0, 0.1) is 6.92 Å². The van der Waals surface area contributed by atoms with Crippen LogP contribution < -0.4 is 10.9 Å². The highest BCUT2D eigenvalue weighted by Crippen LogP contribution is 2.18. The summed E-state index contributed by atoms with van der Waals surface area (Å²) in [5, 5.41) is 8.78. The zero-order chi connectivity index (χ0) is 15.7. The fourth-order valence-electron chi connectivity index (χ4n) is 2.12. The lowest BCUT2D eigenvalue weighted by molar-refractivity contribution is -0.119. The Hall–Kier alpha value is -2.21. The van der Waals surface area contributed by atoms with Crippen LogP contribution in [0.25, 0.3) is 0 Å². The van der Waals surface area contributed by atoms with Crippen molar-refractivity contribution in [3.05, 3.63) is 29.8 Å². The average molecular weight is 289 g/mol. The van der Waals surface area contributed by atoms with E-state index in [0.717, 1.165) is 43.6 Å². The van der Waals surface area contributed by atoms with Crippen molar-refractivity contribution in [1.29, 1.82) is 0 Å². The predicted molar refractivity (Wildman–Crippen MR) is 87.6 cm³/mol. The van der Waals surface area contributed by atoms with Crippen molar-refractivity contribution >= 4 is 25.5 Å². The summed E-state index contributed by atoms with van der Waals surface area (Å²) < 4.78 is 0. The van der Waals surface area contributed by atoms with E-state index in [-0.39, 0.29) is 6.04 Å². The Bertz CT molecular complexity index is 469.